The largest absolute Gasteiger partial charge is 0.120 e. The third-order valence-electron chi connectivity index (χ3n) is 0. The molecule has 0 unspecified atom stereocenters. The van der Waals surface area contributed by atoms with Gasteiger partial charge in [0.05, 0.1) is 0 Å². The monoisotopic (exact) mass is 343 g/mol. The summed E-state index contributed by atoms with van der Waals surface area (Å²) in [4.78, 5) is 0. The number of hydrogen-bond donors (Lipinski definition) is 0. The Hall–Kier alpha value is -0.880. The molecule has 0 N–H and O–H groups in total. The Morgan fingerprint density at radius 2 is 0.545 bits per heavy atom. The highest BCUT2D eigenvalue weighted by Crippen LogP contribution is 1.56. The number of terminal acetylenes is 2. The third-order valence-corrected chi connectivity index (χ3v) is 0. The van der Waals surface area contributed by atoms with E-state index in [2.05, 4.69) is 38.5 Å². The molecule has 0 heterocycles. The highest BCUT2D eigenvalue weighted by molar-refractivity contribution is 4.73. The van der Waals surface area contributed by atoms with Gasteiger partial charge in [-0.1, -0.05) is 117 Å². The van der Waals surface area contributed by atoms with Crippen LogP contribution in [0.3, 0.4) is 0 Å². The molecule has 0 rings (SSSR count). The van der Waals surface area contributed by atoms with E-state index in [0.717, 1.165) is 0 Å². The summed E-state index contributed by atoms with van der Waals surface area (Å²) in [6.45, 7) is 7.56. The van der Waals surface area contributed by atoms with Crippen molar-refractivity contribution < 1.29 is 4.40 Å². The lowest BCUT2D eigenvalue weighted by molar-refractivity contribution is 1.09. The maximum absolute atomic E-state index is 5.00. The topological polar surface area (TPSA) is 0 Å². The zero-order valence-electron chi connectivity index (χ0n) is 8.86. The lowest BCUT2D eigenvalue weighted by Crippen LogP contribution is -1.27. The van der Waals surface area contributed by atoms with Crippen LogP contribution in [0.2, 0.25) is 0 Å². The van der Waals surface area contributed by atoms with Crippen molar-refractivity contribution in [2.75, 3.05) is 0 Å². The van der Waals surface area contributed by atoms with Gasteiger partial charge in [0.15, 0.2) is 0 Å². The summed E-state index contributed by atoms with van der Waals surface area (Å²) in [6, 6.07) is 0. The fraction of sp³-hybridized carbons (Fsp3) is 0.818. The van der Waals surface area contributed by atoms with Crippen molar-refractivity contribution in [1.29, 1.82) is 0 Å². The van der Waals surface area contributed by atoms with Crippen LogP contribution in [0.25, 0.3) is 0 Å². The first-order chi connectivity index (χ1) is 5.24. The molecule has 0 spiro atoms. The maximum atomic E-state index is 5.00. The first-order valence-electron chi connectivity index (χ1n) is 3.99. The molecule has 0 atom stereocenters. The van der Waals surface area contributed by atoms with Crippen LogP contribution >= 0.6 is 0 Å². The number of hydrogen-bond acceptors (Lipinski definition) is 0. The van der Waals surface area contributed by atoms with Crippen LogP contribution in [0, 0.1) is 24.7 Å². The lowest BCUT2D eigenvalue weighted by atomic mass is 10.6. The van der Waals surface area contributed by atoms with E-state index in [1.807, 2.05) is 0 Å². The molecule has 0 bridgehead atoms. The highest BCUT2D eigenvalue weighted by atomic mass is 13.4. The van der Waals surface area contributed by atoms with Gasteiger partial charge in [0.25, 0.3) is 0 Å². The number of rotatable bonds is 0. The Labute approximate surface area is 160 Å². The van der Waals surface area contributed by atoms with Crippen LogP contribution in [-0.2, 0) is 0 Å². The summed E-state index contributed by atoms with van der Waals surface area (Å²) in [5, 5.41) is 0. The van der Waals surface area contributed by atoms with E-state index in [-0.39, 0.29) is 98.0 Å². The fourth-order valence-electron chi connectivity index (χ4n) is 0. The average molecular weight is 343 g/mol. The van der Waals surface area contributed by atoms with E-state index >= 15 is 0 Å². The first kappa shape index (κ1) is 228. The van der Waals surface area contributed by atoms with Gasteiger partial charge in [0.1, 0.15) is 0 Å². The van der Waals surface area contributed by atoms with Gasteiger partial charge in [0, 0.05) is 4.40 Å². The molecule has 0 aromatic carbocycles. The zero-order chi connectivity index (χ0) is 10.1. The van der Waals surface area contributed by atoms with Crippen molar-refractivity contribution in [1.82, 2.24) is 0 Å². The second kappa shape index (κ2) is 1640. The second-order valence-electron chi connectivity index (χ2n) is 1.28. The lowest BCUT2D eigenvalue weighted by Gasteiger charge is -1.48. The molecule has 22 heavy (non-hydrogen) atoms. The van der Waals surface area contributed by atoms with Gasteiger partial charge in [-0.05, 0) is 13.8 Å². The Kier molecular flexibility index (Phi) is 17000. The van der Waals surface area contributed by atoms with Gasteiger partial charge in [-0.25, -0.2) is 0 Å². The van der Waals surface area contributed by atoms with Gasteiger partial charge in [-0.2, -0.15) is 0 Å². The Bertz CT molecular complexity index is 78.4. The van der Waals surface area contributed by atoms with E-state index in [0.29, 0.717) is 0 Å². The summed E-state index contributed by atoms with van der Waals surface area (Å²) in [5.41, 5.74) is 0. The average Bonchev–Trinajstić information content (AvgIpc) is 1.96. The van der Waals surface area contributed by atoms with Crippen molar-refractivity contribution in [2.45, 2.75) is 131 Å². The molecule has 0 nitrogen and oxygen atoms in total. The summed E-state index contributed by atoms with van der Waals surface area (Å²) in [5.74, 6) is 4.50. The normalized spacial score (nSPS) is 1.91. The SMILES string of the molecule is C.C.C.C.C.C.C.C.C.C.C.C.C.C#CC.C#CC.CCC.[3HH].[3H][3H]. The van der Waals surface area contributed by atoms with Crippen molar-refractivity contribution >= 4 is 0 Å². The minimum atomic E-state index is 0. The van der Waals surface area contributed by atoms with Crippen LogP contribution in [0.1, 0.15) is 135 Å². The Morgan fingerprint density at radius 1 is 0.545 bits per heavy atom. The van der Waals surface area contributed by atoms with Crippen LogP contribution in [0.15, 0.2) is 0 Å². The molecule has 0 amide bonds. The maximum Gasteiger partial charge on any atom is 0 e. The minimum Gasteiger partial charge on any atom is -0.120 e. The van der Waals surface area contributed by atoms with Gasteiger partial charge < -0.3 is 0 Å². The van der Waals surface area contributed by atoms with E-state index < -0.39 is 0 Å². The zero-order valence-corrected chi connectivity index (χ0v) is 6.86. The van der Waals surface area contributed by atoms with Gasteiger partial charge in [-0.15, -0.1) is 24.7 Å². The van der Waals surface area contributed by atoms with Gasteiger partial charge in [-0.3, -0.25) is 0 Å². The molecule has 0 aliphatic carbocycles. The molecule has 0 aliphatic heterocycles. The fourth-order valence-corrected chi connectivity index (χ4v) is 0. The van der Waals surface area contributed by atoms with Crippen molar-refractivity contribution in [3.63, 3.8) is 0 Å². The summed E-state index contributed by atoms with van der Waals surface area (Å²) in [7, 11) is 0. The van der Waals surface area contributed by atoms with Crippen molar-refractivity contribution in [3.05, 3.63) is 0 Å². The molecule has 0 radical (unpaired) electrons. The molecule has 0 aliphatic rings. The Morgan fingerprint density at radius 3 is 0.545 bits per heavy atom. The second-order valence-corrected chi connectivity index (χ2v) is 1.28. The molecular weight excluding hydrogens is 264 g/mol. The summed E-state index contributed by atoms with van der Waals surface area (Å²) in [6.07, 6.45) is 10.4. The Balaban J connectivity index is -0.00000000138. The van der Waals surface area contributed by atoms with E-state index in [1.54, 1.807) is 13.8 Å². The van der Waals surface area contributed by atoms with E-state index in [4.69, 9.17) is 2.97 Å². The van der Waals surface area contributed by atoms with Crippen LogP contribution < -0.4 is 0 Å². The van der Waals surface area contributed by atoms with Crippen LogP contribution in [-0.4, -0.2) is 0 Å². The molecule has 0 aromatic heterocycles. The minimum absolute atomic E-state index is 0. The predicted molar refractivity (Wildman–Crippen MR) is 137 cm³/mol. The smallest absolute Gasteiger partial charge is 0 e. The van der Waals surface area contributed by atoms with Gasteiger partial charge in [0.2, 0.25) is 0 Å². The molecule has 0 aromatic rings. The quantitative estimate of drug-likeness (QED) is 0.384. The molecule has 0 fully saturated rings. The molecule has 0 heteroatoms. The third kappa shape index (κ3) is 8110. The summed E-state index contributed by atoms with van der Waals surface area (Å²) >= 11 is 0. The molecule has 0 saturated carbocycles. The van der Waals surface area contributed by atoms with Crippen molar-refractivity contribution in [3.8, 4) is 24.7 Å². The predicted octanol–water partition coefficient (Wildman–Crippen LogP) is 11.5. The van der Waals surface area contributed by atoms with Crippen LogP contribution in [0.5, 0.6) is 0 Å². The first-order valence-corrected chi connectivity index (χ1v) is 2.99. The van der Waals surface area contributed by atoms with Crippen molar-refractivity contribution in [2.24, 2.45) is 0 Å². The van der Waals surface area contributed by atoms with E-state index in [1.165, 1.54) is 6.42 Å². The van der Waals surface area contributed by atoms with Crippen LogP contribution in [0.4, 0.5) is 0 Å². The molecular formula is C22H72. The van der Waals surface area contributed by atoms with Gasteiger partial charge >= 0.3 is 0 Å². The molecule has 160 valence electrons. The summed E-state index contributed by atoms with van der Waals surface area (Å²) < 4.78 is 10.0. The van der Waals surface area contributed by atoms with E-state index in [9.17, 15) is 0 Å². The highest BCUT2D eigenvalue weighted by Gasteiger charge is 1.35. The molecule has 0 saturated heterocycles. The standard InChI is InChI=1S/C3H8.2C3H4.13CH4.2H2/c3*1-3-2;;;;;;;;;;;;;;;/h3H2,1-2H3;2*1H,2H3;13*1H4;2*1H/i;;;;;;;;;;;;;;;;1+2T;1+2.